The number of rotatable bonds is 3. The summed E-state index contributed by atoms with van der Waals surface area (Å²) in [6.45, 7) is 0. The molecule has 1 saturated heterocycles. The Labute approximate surface area is 119 Å². The van der Waals surface area contributed by atoms with Crippen molar-refractivity contribution in [2.75, 3.05) is 7.05 Å². The van der Waals surface area contributed by atoms with E-state index in [0.29, 0.717) is 11.2 Å². The highest BCUT2D eigenvalue weighted by atomic mass is 16.2. The van der Waals surface area contributed by atoms with E-state index in [1.165, 1.54) is 19.2 Å². The maximum atomic E-state index is 12.1. The lowest BCUT2D eigenvalue weighted by Crippen LogP contribution is -2.64. The van der Waals surface area contributed by atoms with Gasteiger partial charge < -0.3 is 5.32 Å². The third-order valence-electron chi connectivity index (χ3n) is 2.98. The van der Waals surface area contributed by atoms with E-state index in [0.717, 1.165) is 0 Å². The Morgan fingerprint density at radius 2 is 1.95 bits per heavy atom. The molecule has 1 fully saturated rings. The van der Waals surface area contributed by atoms with Gasteiger partial charge in [-0.2, -0.15) is 0 Å². The number of hydrogen-bond acceptors (Lipinski definition) is 5. The number of benzene rings is 1. The molecule has 0 saturated carbocycles. The van der Waals surface area contributed by atoms with Crippen molar-refractivity contribution in [3.8, 4) is 0 Å². The zero-order valence-corrected chi connectivity index (χ0v) is 11.0. The first-order valence-electron chi connectivity index (χ1n) is 5.93. The van der Waals surface area contributed by atoms with Crippen LogP contribution in [0.1, 0.15) is 20.7 Å². The van der Waals surface area contributed by atoms with Gasteiger partial charge in [-0.1, -0.05) is 18.2 Å². The zero-order valence-electron chi connectivity index (χ0n) is 11.0. The number of urea groups is 1. The summed E-state index contributed by atoms with van der Waals surface area (Å²) in [6.07, 6.45) is 0.493. The minimum atomic E-state index is -1.51. The Morgan fingerprint density at radius 1 is 1.29 bits per heavy atom. The van der Waals surface area contributed by atoms with Crippen LogP contribution >= 0.6 is 0 Å². The molecular weight excluding hydrogens is 278 g/mol. The summed E-state index contributed by atoms with van der Waals surface area (Å²) in [7, 11) is 1.18. The first-order chi connectivity index (χ1) is 9.95. The van der Waals surface area contributed by atoms with Crippen molar-refractivity contribution in [3.05, 3.63) is 35.4 Å². The minimum Gasteiger partial charge on any atom is -0.332 e. The maximum absolute atomic E-state index is 12.1. The van der Waals surface area contributed by atoms with Gasteiger partial charge in [0.1, 0.15) is 0 Å². The van der Waals surface area contributed by atoms with Gasteiger partial charge in [0.25, 0.3) is 17.7 Å². The van der Waals surface area contributed by atoms with Crippen LogP contribution in [-0.2, 0) is 9.59 Å². The lowest BCUT2D eigenvalue weighted by atomic mass is 10.1. The van der Waals surface area contributed by atoms with Crippen LogP contribution in [0.4, 0.5) is 4.79 Å². The summed E-state index contributed by atoms with van der Waals surface area (Å²) in [4.78, 5) is 58.3. The second kappa shape index (κ2) is 5.53. The molecule has 21 heavy (non-hydrogen) atoms. The zero-order chi connectivity index (χ0) is 15.6. The van der Waals surface area contributed by atoms with Crippen LogP contribution in [0.15, 0.2) is 24.3 Å². The molecule has 1 aliphatic rings. The van der Waals surface area contributed by atoms with Crippen LogP contribution in [0.2, 0.25) is 0 Å². The number of nitrogens with one attached hydrogen (secondary N) is 2. The molecule has 0 radical (unpaired) electrons. The maximum Gasteiger partial charge on any atom is 0.330 e. The largest absolute Gasteiger partial charge is 0.332 e. The number of carbonyl (C=O) groups excluding carboxylic acids is 5. The SMILES string of the molecule is CN1C(=O)NC(=O)C(NC(=O)c2ccccc2C=O)C1=O. The Morgan fingerprint density at radius 3 is 2.62 bits per heavy atom. The molecule has 108 valence electrons. The average molecular weight is 289 g/mol. The predicted molar refractivity (Wildman–Crippen MR) is 69.4 cm³/mol. The molecule has 8 heteroatoms. The molecule has 8 nitrogen and oxygen atoms in total. The van der Waals surface area contributed by atoms with Gasteiger partial charge in [0.05, 0.1) is 0 Å². The highest BCUT2D eigenvalue weighted by Crippen LogP contribution is 2.08. The van der Waals surface area contributed by atoms with Gasteiger partial charge in [-0.3, -0.25) is 29.4 Å². The number of carbonyl (C=O) groups is 5. The number of likely N-dealkylation sites (N-methyl/N-ethyl adjacent to an activating group) is 1. The van der Waals surface area contributed by atoms with E-state index in [1.54, 1.807) is 12.1 Å². The summed E-state index contributed by atoms with van der Waals surface area (Å²) in [5.74, 6) is -2.52. The second-order valence-electron chi connectivity index (χ2n) is 4.30. The molecule has 1 aromatic rings. The van der Waals surface area contributed by atoms with Crippen molar-refractivity contribution < 1.29 is 24.0 Å². The first-order valence-corrected chi connectivity index (χ1v) is 5.93. The van der Waals surface area contributed by atoms with Gasteiger partial charge in [0.15, 0.2) is 12.3 Å². The van der Waals surface area contributed by atoms with E-state index < -0.39 is 29.8 Å². The van der Waals surface area contributed by atoms with E-state index in [1.807, 2.05) is 5.32 Å². The Kier molecular flexibility index (Phi) is 3.79. The van der Waals surface area contributed by atoms with Crippen LogP contribution in [0.3, 0.4) is 0 Å². The minimum absolute atomic E-state index is 0.0349. The fourth-order valence-electron chi connectivity index (χ4n) is 1.81. The summed E-state index contributed by atoms with van der Waals surface area (Å²) in [5.41, 5.74) is 0.163. The standard InChI is InChI=1S/C13H11N3O5/c1-16-12(20)9(11(19)15-13(16)21)14-10(18)8-5-3-2-4-7(8)6-17/h2-6,9H,1H3,(H,14,18)(H,15,19,21). The number of amides is 5. The molecule has 0 aromatic heterocycles. The third kappa shape index (κ3) is 2.64. The van der Waals surface area contributed by atoms with E-state index in [4.69, 9.17) is 0 Å². The van der Waals surface area contributed by atoms with Gasteiger partial charge in [-0.05, 0) is 6.07 Å². The molecule has 2 rings (SSSR count). The van der Waals surface area contributed by atoms with E-state index in [9.17, 15) is 24.0 Å². The fourth-order valence-corrected chi connectivity index (χ4v) is 1.81. The van der Waals surface area contributed by atoms with Crippen LogP contribution in [0.25, 0.3) is 0 Å². The second-order valence-corrected chi connectivity index (χ2v) is 4.30. The lowest BCUT2D eigenvalue weighted by molar-refractivity contribution is -0.138. The van der Waals surface area contributed by atoms with Crippen molar-refractivity contribution in [2.24, 2.45) is 0 Å². The number of nitrogens with zero attached hydrogens (tertiary/aromatic N) is 1. The highest BCUT2D eigenvalue weighted by molar-refractivity contribution is 6.20. The van der Waals surface area contributed by atoms with Crippen molar-refractivity contribution in [1.29, 1.82) is 0 Å². The Balaban J connectivity index is 2.23. The molecule has 1 aliphatic heterocycles. The molecule has 0 bridgehead atoms. The summed E-state index contributed by atoms with van der Waals surface area (Å²) in [5, 5.41) is 4.15. The monoisotopic (exact) mass is 289 g/mol. The van der Waals surface area contributed by atoms with Crippen molar-refractivity contribution >= 4 is 30.0 Å². The van der Waals surface area contributed by atoms with Crippen LogP contribution in [0, 0.1) is 0 Å². The van der Waals surface area contributed by atoms with E-state index >= 15 is 0 Å². The topological polar surface area (TPSA) is 113 Å². The van der Waals surface area contributed by atoms with Gasteiger partial charge in [0, 0.05) is 18.2 Å². The molecule has 2 N–H and O–H groups in total. The van der Waals surface area contributed by atoms with Gasteiger partial charge in [-0.25, -0.2) is 4.79 Å². The number of aldehydes is 1. The molecule has 1 atom stereocenters. The quantitative estimate of drug-likeness (QED) is 0.564. The van der Waals surface area contributed by atoms with Crippen LogP contribution in [-0.4, -0.2) is 48.0 Å². The lowest BCUT2D eigenvalue weighted by Gasteiger charge is -2.27. The van der Waals surface area contributed by atoms with Gasteiger partial charge in [-0.15, -0.1) is 0 Å². The van der Waals surface area contributed by atoms with E-state index in [-0.39, 0.29) is 11.1 Å². The predicted octanol–water partition coefficient (Wildman–Crippen LogP) is -0.694. The summed E-state index contributed by atoms with van der Waals surface area (Å²) in [6, 6.07) is 3.56. The average Bonchev–Trinajstić information content (AvgIpc) is 2.49. The van der Waals surface area contributed by atoms with Crippen LogP contribution in [0.5, 0.6) is 0 Å². The first kappa shape index (κ1) is 14.4. The molecule has 0 spiro atoms. The molecular formula is C13H11N3O5. The summed E-state index contributed by atoms with van der Waals surface area (Å²) >= 11 is 0. The Bertz CT molecular complexity index is 655. The number of imide groups is 2. The van der Waals surface area contributed by atoms with Crippen molar-refractivity contribution in [3.63, 3.8) is 0 Å². The smallest absolute Gasteiger partial charge is 0.330 e. The van der Waals surface area contributed by atoms with Crippen molar-refractivity contribution in [2.45, 2.75) is 6.04 Å². The van der Waals surface area contributed by atoms with Gasteiger partial charge in [0.2, 0.25) is 0 Å². The molecule has 5 amide bonds. The number of hydrogen-bond donors (Lipinski definition) is 2. The van der Waals surface area contributed by atoms with Crippen molar-refractivity contribution in [1.82, 2.24) is 15.5 Å². The molecule has 0 aliphatic carbocycles. The number of barbiturate groups is 1. The fraction of sp³-hybridized carbons (Fsp3) is 0.154. The molecule has 1 aromatic carbocycles. The normalized spacial score (nSPS) is 18.2. The summed E-state index contributed by atoms with van der Waals surface area (Å²) < 4.78 is 0. The third-order valence-corrected chi connectivity index (χ3v) is 2.98. The Hall–Kier alpha value is -3.03. The van der Waals surface area contributed by atoms with Crippen LogP contribution < -0.4 is 10.6 Å². The highest BCUT2D eigenvalue weighted by Gasteiger charge is 2.39. The molecule has 1 unspecified atom stereocenters. The van der Waals surface area contributed by atoms with Gasteiger partial charge >= 0.3 is 6.03 Å². The molecule has 1 heterocycles. The van der Waals surface area contributed by atoms with E-state index in [2.05, 4.69) is 5.32 Å².